The maximum absolute atomic E-state index is 5.80. The molecule has 3 rings (SSSR count). The first-order valence-electron chi connectivity index (χ1n) is 6.82. The van der Waals surface area contributed by atoms with Crippen LogP contribution in [-0.4, -0.2) is 4.98 Å². The van der Waals surface area contributed by atoms with Gasteiger partial charge >= 0.3 is 0 Å². The highest BCUT2D eigenvalue weighted by Crippen LogP contribution is 2.27. The van der Waals surface area contributed by atoms with E-state index in [9.17, 15) is 0 Å². The van der Waals surface area contributed by atoms with Crippen molar-refractivity contribution in [1.82, 2.24) is 10.4 Å². The van der Waals surface area contributed by atoms with Crippen molar-refractivity contribution in [3.63, 3.8) is 0 Å². The van der Waals surface area contributed by atoms with Gasteiger partial charge in [0, 0.05) is 22.3 Å². The predicted molar refractivity (Wildman–Crippen MR) is 89.7 cm³/mol. The number of nitrogens with two attached hydrogens (primary N) is 1. The van der Waals surface area contributed by atoms with Crippen molar-refractivity contribution in [2.45, 2.75) is 12.5 Å². The summed E-state index contributed by atoms with van der Waals surface area (Å²) in [6.45, 7) is 0. The molecular formula is C17H16BrN3. The lowest BCUT2D eigenvalue weighted by Crippen LogP contribution is -2.30. The molecule has 0 fully saturated rings. The van der Waals surface area contributed by atoms with Gasteiger partial charge in [-0.25, -0.2) is 0 Å². The molecule has 1 heterocycles. The SMILES string of the molecule is NNC(Cc1ccccc1Br)c1cncc2ccccc12. The number of pyridine rings is 1. The van der Waals surface area contributed by atoms with Crippen LogP contribution in [0, 0.1) is 0 Å². The monoisotopic (exact) mass is 341 g/mol. The maximum atomic E-state index is 5.80. The molecule has 3 N–H and O–H groups in total. The van der Waals surface area contributed by atoms with Gasteiger partial charge in [-0.3, -0.25) is 16.3 Å². The molecule has 0 saturated carbocycles. The molecule has 0 spiro atoms. The summed E-state index contributed by atoms with van der Waals surface area (Å²) < 4.78 is 1.10. The molecule has 2 aromatic carbocycles. The maximum Gasteiger partial charge on any atom is 0.0522 e. The number of aromatic nitrogens is 1. The highest BCUT2D eigenvalue weighted by Gasteiger charge is 2.15. The van der Waals surface area contributed by atoms with E-state index in [1.165, 1.54) is 10.9 Å². The third kappa shape index (κ3) is 2.97. The Kier molecular flexibility index (Phi) is 4.29. The molecule has 3 aromatic rings. The fraction of sp³-hybridized carbons (Fsp3) is 0.118. The van der Waals surface area contributed by atoms with Gasteiger partial charge in [0.2, 0.25) is 0 Å². The van der Waals surface area contributed by atoms with Crippen LogP contribution in [0.15, 0.2) is 65.4 Å². The van der Waals surface area contributed by atoms with Gasteiger partial charge in [0.25, 0.3) is 0 Å². The Hall–Kier alpha value is -1.75. The average Bonchev–Trinajstić information content (AvgIpc) is 2.54. The van der Waals surface area contributed by atoms with Gasteiger partial charge in [0.1, 0.15) is 0 Å². The van der Waals surface area contributed by atoms with Crippen molar-refractivity contribution in [2.75, 3.05) is 0 Å². The number of nitrogens with one attached hydrogen (secondary N) is 1. The fourth-order valence-electron chi connectivity index (χ4n) is 2.56. The standard InChI is InChI=1S/C17H16BrN3/c18-16-8-4-2-5-12(16)9-17(21-19)15-11-20-10-13-6-1-3-7-14(13)15/h1-8,10-11,17,21H,9,19H2. The fourth-order valence-corrected chi connectivity index (χ4v) is 3.01. The zero-order valence-electron chi connectivity index (χ0n) is 11.5. The predicted octanol–water partition coefficient (Wildman–Crippen LogP) is 3.74. The van der Waals surface area contributed by atoms with Crippen molar-refractivity contribution in [2.24, 2.45) is 5.84 Å². The van der Waals surface area contributed by atoms with Crippen LogP contribution in [0.5, 0.6) is 0 Å². The summed E-state index contributed by atoms with van der Waals surface area (Å²) in [6.07, 6.45) is 4.57. The largest absolute Gasteiger partial charge is 0.271 e. The van der Waals surface area contributed by atoms with E-state index in [-0.39, 0.29) is 6.04 Å². The van der Waals surface area contributed by atoms with Gasteiger partial charge < -0.3 is 0 Å². The first-order chi connectivity index (χ1) is 10.3. The van der Waals surface area contributed by atoms with E-state index in [0.29, 0.717) is 0 Å². The number of hydrazine groups is 1. The summed E-state index contributed by atoms with van der Waals surface area (Å²) in [4.78, 5) is 4.34. The Bertz CT molecular complexity index is 752. The number of nitrogens with zero attached hydrogens (tertiary/aromatic N) is 1. The Labute approximate surface area is 132 Å². The molecule has 21 heavy (non-hydrogen) atoms. The van der Waals surface area contributed by atoms with Gasteiger partial charge in [-0.1, -0.05) is 58.4 Å². The first-order valence-corrected chi connectivity index (χ1v) is 7.61. The summed E-state index contributed by atoms with van der Waals surface area (Å²) in [6, 6.07) is 16.4. The molecule has 0 radical (unpaired) electrons. The topological polar surface area (TPSA) is 50.9 Å². The number of hydrogen-bond donors (Lipinski definition) is 2. The summed E-state index contributed by atoms with van der Waals surface area (Å²) in [5, 5.41) is 2.31. The van der Waals surface area contributed by atoms with Crippen LogP contribution >= 0.6 is 15.9 Å². The molecule has 1 unspecified atom stereocenters. The van der Waals surface area contributed by atoms with E-state index >= 15 is 0 Å². The Morgan fingerprint density at radius 1 is 1.05 bits per heavy atom. The summed E-state index contributed by atoms with van der Waals surface area (Å²) >= 11 is 3.59. The lowest BCUT2D eigenvalue weighted by molar-refractivity contribution is 0.553. The van der Waals surface area contributed by atoms with Crippen molar-refractivity contribution in [3.8, 4) is 0 Å². The molecule has 1 aromatic heterocycles. The summed E-state index contributed by atoms with van der Waals surface area (Å²) in [5.41, 5.74) is 5.26. The molecule has 0 aliphatic rings. The second-order valence-corrected chi connectivity index (χ2v) is 5.82. The lowest BCUT2D eigenvalue weighted by Gasteiger charge is -2.18. The van der Waals surface area contributed by atoms with Crippen molar-refractivity contribution in [3.05, 3.63) is 76.5 Å². The van der Waals surface area contributed by atoms with E-state index in [1.54, 1.807) is 0 Å². The van der Waals surface area contributed by atoms with Gasteiger partial charge in [-0.2, -0.15) is 0 Å². The van der Waals surface area contributed by atoms with Crippen molar-refractivity contribution in [1.29, 1.82) is 0 Å². The lowest BCUT2D eigenvalue weighted by atomic mass is 9.96. The zero-order valence-corrected chi connectivity index (χ0v) is 13.0. The normalized spacial score (nSPS) is 12.5. The van der Waals surface area contributed by atoms with Gasteiger partial charge in [-0.05, 0) is 29.0 Å². The van der Waals surface area contributed by atoms with Crippen LogP contribution in [0.3, 0.4) is 0 Å². The van der Waals surface area contributed by atoms with Crippen molar-refractivity contribution >= 4 is 26.7 Å². The Morgan fingerprint density at radius 2 is 1.81 bits per heavy atom. The minimum atomic E-state index is 0.0160. The molecule has 0 aliphatic heterocycles. The number of rotatable bonds is 4. The van der Waals surface area contributed by atoms with E-state index in [0.717, 1.165) is 21.8 Å². The van der Waals surface area contributed by atoms with Crippen LogP contribution in [0.25, 0.3) is 10.8 Å². The first kappa shape index (κ1) is 14.2. The summed E-state index contributed by atoms with van der Waals surface area (Å²) in [7, 11) is 0. The molecule has 1 atom stereocenters. The van der Waals surface area contributed by atoms with Gasteiger partial charge in [-0.15, -0.1) is 0 Å². The average molecular weight is 342 g/mol. The van der Waals surface area contributed by atoms with E-state index < -0.39 is 0 Å². The molecular weight excluding hydrogens is 326 g/mol. The van der Waals surface area contributed by atoms with Crippen LogP contribution in [0.4, 0.5) is 0 Å². The molecule has 0 bridgehead atoms. The second-order valence-electron chi connectivity index (χ2n) is 4.96. The molecule has 106 valence electrons. The second kappa shape index (κ2) is 6.35. The third-order valence-corrected chi connectivity index (χ3v) is 4.43. The minimum absolute atomic E-state index is 0.0160. The third-order valence-electron chi connectivity index (χ3n) is 3.66. The van der Waals surface area contributed by atoms with Gasteiger partial charge in [0.15, 0.2) is 0 Å². The van der Waals surface area contributed by atoms with Crippen LogP contribution in [-0.2, 0) is 6.42 Å². The molecule has 3 nitrogen and oxygen atoms in total. The zero-order chi connectivity index (χ0) is 14.7. The number of hydrogen-bond acceptors (Lipinski definition) is 3. The highest BCUT2D eigenvalue weighted by atomic mass is 79.9. The molecule has 0 amide bonds. The number of benzene rings is 2. The minimum Gasteiger partial charge on any atom is -0.271 e. The summed E-state index contributed by atoms with van der Waals surface area (Å²) in [5.74, 6) is 5.80. The van der Waals surface area contributed by atoms with Crippen molar-refractivity contribution < 1.29 is 0 Å². The Balaban J connectivity index is 2.01. The smallest absolute Gasteiger partial charge is 0.0522 e. The number of fused-ring (bicyclic) bond motifs is 1. The van der Waals surface area contributed by atoms with Crippen LogP contribution < -0.4 is 11.3 Å². The molecule has 4 heteroatoms. The van der Waals surface area contributed by atoms with E-state index in [1.807, 2.05) is 42.7 Å². The van der Waals surface area contributed by atoms with Crippen LogP contribution in [0.1, 0.15) is 17.2 Å². The number of halogens is 1. The van der Waals surface area contributed by atoms with Crippen LogP contribution in [0.2, 0.25) is 0 Å². The Morgan fingerprint density at radius 3 is 2.62 bits per heavy atom. The van der Waals surface area contributed by atoms with Gasteiger partial charge in [0.05, 0.1) is 6.04 Å². The highest BCUT2D eigenvalue weighted by molar-refractivity contribution is 9.10. The van der Waals surface area contributed by atoms with E-state index in [2.05, 4.69) is 44.5 Å². The van der Waals surface area contributed by atoms with E-state index in [4.69, 9.17) is 5.84 Å². The quantitative estimate of drug-likeness (QED) is 0.561. The molecule has 0 aliphatic carbocycles. The molecule has 0 saturated heterocycles.